The Morgan fingerprint density at radius 2 is 1.33 bits per heavy atom. The molecule has 0 aliphatic carbocycles. The molecule has 21 heavy (non-hydrogen) atoms. The van der Waals surface area contributed by atoms with Gasteiger partial charge in [0.1, 0.15) is 6.04 Å². The summed E-state index contributed by atoms with van der Waals surface area (Å²) in [6.07, 6.45) is -1.92. The van der Waals surface area contributed by atoms with E-state index in [0.29, 0.717) is 0 Å². The molecule has 0 saturated carbocycles. The third kappa shape index (κ3) is 17.0. The third-order valence-corrected chi connectivity index (χ3v) is 1.73. The maximum absolute atomic E-state index is 10.6. The van der Waals surface area contributed by atoms with E-state index in [4.69, 9.17) is 10.2 Å². The van der Waals surface area contributed by atoms with Gasteiger partial charge in [0.2, 0.25) is 0 Å². The Kier molecular flexibility index (Phi) is 27.4. The quantitative estimate of drug-likeness (QED) is 0.366. The largest absolute Gasteiger partial charge is 1.00 e. The fraction of sp³-hybridized carbons (Fsp3) is 0.556. The van der Waals surface area contributed by atoms with Crippen LogP contribution in [0, 0.1) is 0 Å². The molecule has 2 unspecified atom stereocenters. The number of hydrogen-bond donors (Lipinski definition) is 3. The smallest absolute Gasteiger partial charge is 0.550 e. The van der Waals surface area contributed by atoms with Gasteiger partial charge in [-0.1, -0.05) is 7.43 Å². The Morgan fingerprint density at radius 1 is 0.905 bits per heavy atom. The molecule has 0 aromatic heterocycles. The van der Waals surface area contributed by atoms with Crippen molar-refractivity contribution in [1.82, 2.24) is 5.32 Å². The predicted octanol–water partition coefficient (Wildman–Crippen LogP) is -12.6. The third-order valence-electron chi connectivity index (χ3n) is 1.73. The summed E-state index contributed by atoms with van der Waals surface area (Å²) in [5, 5.41) is 39.5. The molecule has 9 nitrogen and oxygen atoms in total. The molecule has 0 fully saturated rings. The molecule has 0 heterocycles. The molecule has 12 heteroatoms. The van der Waals surface area contributed by atoms with Crippen LogP contribution in [0.1, 0.15) is 20.3 Å². The Balaban J connectivity index is -0.000000213. The van der Waals surface area contributed by atoms with Crippen LogP contribution in [0.4, 0.5) is 0 Å². The molecule has 0 aromatic carbocycles. The van der Waals surface area contributed by atoms with Crippen LogP contribution in [-0.2, 0) is 19.2 Å². The van der Waals surface area contributed by atoms with Gasteiger partial charge in [-0.25, -0.2) is 0 Å². The minimum absolute atomic E-state index is 0. The summed E-state index contributed by atoms with van der Waals surface area (Å²) in [4.78, 5) is 41.5. The number of hydrogen-bond acceptors (Lipinski definition) is 7. The number of nitrogens with one attached hydrogen (secondary N) is 1. The SMILES string of the molecule is C.O=C([O-])CC(NC(CC(=O)O)C(=O)O)C(=O)[O-].[Na+].[Na+].[Na+]. The predicted molar refractivity (Wildman–Crippen MR) is 52.0 cm³/mol. The minimum Gasteiger partial charge on any atom is -0.550 e. The van der Waals surface area contributed by atoms with Crippen molar-refractivity contribution in [3.8, 4) is 0 Å². The van der Waals surface area contributed by atoms with E-state index in [0.717, 1.165) is 0 Å². The summed E-state index contributed by atoms with van der Waals surface area (Å²) >= 11 is 0. The van der Waals surface area contributed by atoms with Gasteiger partial charge in [-0.05, 0) is 0 Å². The monoisotopic (exact) mass is 332 g/mol. The topological polar surface area (TPSA) is 167 Å². The second-order valence-corrected chi connectivity index (χ2v) is 3.10. The van der Waals surface area contributed by atoms with E-state index in [1.807, 2.05) is 5.32 Å². The summed E-state index contributed by atoms with van der Waals surface area (Å²) in [5.74, 6) is -6.68. The number of rotatable bonds is 8. The summed E-state index contributed by atoms with van der Waals surface area (Å²) in [6.45, 7) is 0. The molecule has 2 atom stereocenters. The molecule has 0 spiro atoms. The Bertz CT molecular complexity index is 320. The van der Waals surface area contributed by atoms with Crippen LogP contribution >= 0.6 is 0 Å². The van der Waals surface area contributed by atoms with Gasteiger partial charge in [0, 0.05) is 12.4 Å². The van der Waals surface area contributed by atoms with Crippen molar-refractivity contribution in [1.29, 1.82) is 0 Å². The first-order valence-corrected chi connectivity index (χ1v) is 4.35. The van der Waals surface area contributed by atoms with Crippen molar-refractivity contribution in [3.63, 3.8) is 0 Å². The molecule has 104 valence electrons. The van der Waals surface area contributed by atoms with E-state index < -0.39 is 48.8 Å². The summed E-state index contributed by atoms with van der Waals surface area (Å²) in [7, 11) is 0. The fourth-order valence-corrected chi connectivity index (χ4v) is 1.01. The molecule has 0 bridgehead atoms. The van der Waals surface area contributed by atoms with Crippen LogP contribution in [0.2, 0.25) is 0 Å². The van der Waals surface area contributed by atoms with Gasteiger partial charge in [-0.15, -0.1) is 0 Å². The molecule has 0 radical (unpaired) electrons. The maximum atomic E-state index is 10.6. The van der Waals surface area contributed by atoms with Gasteiger partial charge in [0.05, 0.1) is 18.4 Å². The van der Waals surface area contributed by atoms with Gasteiger partial charge in [0.25, 0.3) is 0 Å². The van der Waals surface area contributed by atoms with Crippen molar-refractivity contribution >= 4 is 23.9 Å². The molecular formula is C9H13NNa3O8+. The van der Waals surface area contributed by atoms with Gasteiger partial charge in [-0.3, -0.25) is 14.9 Å². The van der Waals surface area contributed by atoms with E-state index in [1.165, 1.54) is 0 Å². The van der Waals surface area contributed by atoms with E-state index in [9.17, 15) is 29.4 Å². The van der Waals surface area contributed by atoms with E-state index in [2.05, 4.69) is 0 Å². The Morgan fingerprint density at radius 3 is 1.57 bits per heavy atom. The molecular weight excluding hydrogens is 319 g/mol. The second kappa shape index (κ2) is 17.2. The zero-order chi connectivity index (χ0) is 13.6. The normalized spacial score (nSPS) is 11.0. The summed E-state index contributed by atoms with van der Waals surface area (Å²) < 4.78 is 0. The van der Waals surface area contributed by atoms with Gasteiger partial charge >= 0.3 is 101 Å². The average molecular weight is 332 g/mol. The van der Waals surface area contributed by atoms with Crippen molar-refractivity contribution in [3.05, 3.63) is 0 Å². The number of carbonyl (C=O) groups excluding carboxylic acids is 2. The van der Waals surface area contributed by atoms with Crippen LogP contribution in [-0.4, -0.2) is 46.2 Å². The standard InChI is InChI=1S/C8H11NO8.CH4.3Na/c10-5(11)1-3(7(14)15)9-4(8(16)17)2-6(12)13;;;;/h3-4,9H,1-2H2,(H,10,11)(H,12,13)(H,14,15)(H,16,17);1H4;;;/q;;3*+1/p-2. The van der Waals surface area contributed by atoms with Gasteiger partial charge in [-0.2, -0.15) is 0 Å². The molecule has 0 aliphatic heterocycles. The van der Waals surface area contributed by atoms with Crippen LogP contribution < -0.4 is 104 Å². The molecule has 0 saturated heterocycles. The molecule has 3 N–H and O–H groups in total. The minimum atomic E-state index is -1.86. The number of carboxylic acid groups (broad SMARTS) is 4. The number of carbonyl (C=O) groups is 4. The first-order chi connectivity index (χ1) is 7.73. The van der Waals surface area contributed by atoms with Crippen molar-refractivity contribution in [2.45, 2.75) is 32.4 Å². The molecule has 0 rings (SSSR count). The van der Waals surface area contributed by atoms with E-state index >= 15 is 0 Å². The van der Waals surface area contributed by atoms with E-state index in [-0.39, 0.29) is 96.1 Å². The van der Waals surface area contributed by atoms with Crippen LogP contribution in [0.5, 0.6) is 0 Å². The van der Waals surface area contributed by atoms with Crippen LogP contribution in [0.15, 0.2) is 0 Å². The Hall–Kier alpha value is 0.840. The zero-order valence-electron chi connectivity index (χ0n) is 11.4. The van der Waals surface area contributed by atoms with Gasteiger partial charge in [0.15, 0.2) is 0 Å². The first-order valence-electron chi connectivity index (χ1n) is 4.35. The Labute approximate surface area is 187 Å². The van der Waals surface area contributed by atoms with Crippen molar-refractivity contribution in [2.24, 2.45) is 0 Å². The van der Waals surface area contributed by atoms with Gasteiger partial charge < -0.3 is 30.0 Å². The maximum Gasteiger partial charge on any atom is 1.00 e. The summed E-state index contributed by atoms with van der Waals surface area (Å²) in [5.41, 5.74) is 0. The van der Waals surface area contributed by atoms with Crippen LogP contribution in [0.25, 0.3) is 0 Å². The molecule has 0 aliphatic rings. The van der Waals surface area contributed by atoms with Crippen molar-refractivity contribution < 1.29 is 128 Å². The molecule has 0 amide bonds. The van der Waals surface area contributed by atoms with E-state index in [1.54, 1.807) is 0 Å². The van der Waals surface area contributed by atoms with Crippen molar-refractivity contribution in [2.75, 3.05) is 0 Å². The molecule has 0 aromatic rings. The fourth-order valence-electron chi connectivity index (χ4n) is 1.01. The zero-order valence-corrected chi connectivity index (χ0v) is 17.4. The first kappa shape index (κ1) is 33.4. The average Bonchev–Trinajstić information content (AvgIpc) is 2.13. The number of aliphatic carboxylic acids is 4. The second-order valence-electron chi connectivity index (χ2n) is 3.10. The number of carboxylic acids is 4. The summed E-state index contributed by atoms with van der Waals surface area (Å²) in [6, 6.07) is -3.56. The van der Waals surface area contributed by atoms with Crippen LogP contribution in [0.3, 0.4) is 0 Å².